The van der Waals surface area contributed by atoms with E-state index in [2.05, 4.69) is 5.32 Å². The number of hydrogen-bond donors (Lipinski definition) is 1. The van der Waals surface area contributed by atoms with Gasteiger partial charge in [0.05, 0.1) is 10.8 Å². The van der Waals surface area contributed by atoms with E-state index in [4.69, 9.17) is 11.6 Å². The minimum atomic E-state index is -3.04. The Bertz CT molecular complexity index is 490. The summed E-state index contributed by atoms with van der Waals surface area (Å²) in [5.74, 6) is -0.463. The van der Waals surface area contributed by atoms with Gasteiger partial charge in [-0.2, -0.15) is 0 Å². The van der Waals surface area contributed by atoms with Crippen LogP contribution in [0.4, 0.5) is 4.39 Å². The molecule has 0 heterocycles. The molecule has 17 heavy (non-hydrogen) atoms. The maximum atomic E-state index is 13.3. The lowest BCUT2D eigenvalue weighted by molar-refractivity contribution is 0.553. The topological polar surface area (TPSA) is 46.2 Å². The van der Waals surface area contributed by atoms with Crippen molar-refractivity contribution in [2.75, 3.05) is 19.1 Å². The molecule has 1 unspecified atom stereocenters. The lowest BCUT2D eigenvalue weighted by Crippen LogP contribution is -2.20. The van der Waals surface area contributed by atoms with E-state index >= 15 is 0 Å². The van der Waals surface area contributed by atoms with Gasteiger partial charge in [0.25, 0.3) is 0 Å². The molecular formula is C11H15ClFNO2S. The molecule has 1 N–H and O–H groups in total. The summed E-state index contributed by atoms with van der Waals surface area (Å²) < 4.78 is 35.5. The molecule has 0 radical (unpaired) electrons. The molecule has 0 aromatic heterocycles. The van der Waals surface area contributed by atoms with Crippen molar-refractivity contribution in [3.8, 4) is 0 Å². The Balaban J connectivity index is 2.90. The molecule has 1 atom stereocenters. The van der Waals surface area contributed by atoms with E-state index in [-0.39, 0.29) is 16.8 Å². The molecule has 6 heteroatoms. The van der Waals surface area contributed by atoms with Crippen molar-refractivity contribution in [3.05, 3.63) is 34.6 Å². The first-order valence-electron chi connectivity index (χ1n) is 5.14. The predicted molar refractivity (Wildman–Crippen MR) is 67.5 cm³/mol. The van der Waals surface area contributed by atoms with Crippen LogP contribution in [0.2, 0.25) is 5.02 Å². The Hall–Kier alpha value is -0.650. The average Bonchev–Trinajstić information content (AvgIpc) is 2.23. The molecule has 1 rings (SSSR count). The van der Waals surface area contributed by atoms with Gasteiger partial charge in [-0.3, -0.25) is 0 Å². The summed E-state index contributed by atoms with van der Waals surface area (Å²) in [6, 6.07) is 4.25. The maximum Gasteiger partial charge on any atom is 0.147 e. The summed E-state index contributed by atoms with van der Waals surface area (Å²) in [6.07, 6.45) is 1.53. The molecule has 0 saturated heterocycles. The summed E-state index contributed by atoms with van der Waals surface area (Å²) in [6.45, 7) is 0. The maximum absolute atomic E-state index is 13.3. The van der Waals surface area contributed by atoms with E-state index in [0.29, 0.717) is 12.0 Å². The molecule has 0 fully saturated rings. The fourth-order valence-corrected chi connectivity index (χ4v) is 2.50. The van der Waals surface area contributed by atoms with Crippen LogP contribution >= 0.6 is 11.6 Å². The van der Waals surface area contributed by atoms with Crippen molar-refractivity contribution < 1.29 is 12.8 Å². The molecule has 0 bridgehead atoms. The fraction of sp³-hybridized carbons (Fsp3) is 0.455. The molecule has 3 nitrogen and oxygen atoms in total. The van der Waals surface area contributed by atoms with E-state index < -0.39 is 15.7 Å². The number of sulfone groups is 1. The first-order valence-corrected chi connectivity index (χ1v) is 7.58. The van der Waals surface area contributed by atoms with Crippen molar-refractivity contribution >= 4 is 21.4 Å². The molecule has 1 aromatic carbocycles. The smallest absolute Gasteiger partial charge is 0.147 e. The summed E-state index contributed by atoms with van der Waals surface area (Å²) in [7, 11) is -1.35. The molecule has 0 aliphatic carbocycles. The summed E-state index contributed by atoms with van der Waals surface area (Å²) in [4.78, 5) is 0. The predicted octanol–water partition coefficient (Wildman–Crippen LogP) is 2.17. The van der Waals surface area contributed by atoms with E-state index in [1.807, 2.05) is 0 Å². The first-order chi connectivity index (χ1) is 7.85. The Kier molecular flexibility index (Phi) is 4.91. The van der Waals surface area contributed by atoms with Crippen LogP contribution in [0.1, 0.15) is 18.0 Å². The minimum absolute atomic E-state index is 0.0331. The summed E-state index contributed by atoms with van der Waals surface area (Å²) in [5, 5.41) is 2.99. The average molecular weight is 280 g/mol. The van der Waals surface area contributed by atoms with Crippen LogP contribution in [0, 0.1) is 5.82 Å². The molecule has 0 amide bonds. The van der Waals surface area contributed by atoms with Crippen LogP contribution in [-0.2, 0) is 9.84 Å². The lowest BCUT2D eigenvalue weighted by Gasteiger charge is -2.17. The third-order valence-electron chi connectivity index (χ3n) is 2.48. The van der Waals surface area contributed by atoms with Crippen molar-refractivity contribution in [1.82, 2.24) is 5.32 Å². The van der Waals surface area contributed by atoms with Crippen LogP contribution in [0.3, 0.4) is 0 Å². The molecule has 0 saturated carbocycles. The first kappa shape index (κ1) is 14.4. The van der Waals surface area contributed by atoms with Crippen molar-refractivity contribution in [2.45, 2.75) is 12.5 Å². The molecule has 1 aromatic rings. The highest BCUT2D eigenvalue weighted by molar-refractivity contribution is 7.90. The Labute approximate surface area is 106 Å². The van der Waals surface area contributed by atoms with Crippen molar-refractivity contribution in [2.24, 2.45) is 0 Å². The largest absolute Gasteiger partial charge is 0.313 e. The van der Waals surface area contributed by atoms with Gasteiger partial charge in [-0.1, -0.05) is 23.7 Å². The SMILES string of the molecule is CNC(CCS(C)(=O)=O)c1cccc(F)c1Cl. The second kappa shape index (κ2) is 5.80. The second-order valence-corrected chi connectivity index (χ2v) is 6.54. The molecule has 96 valence electrons. The van der Waals surface area contributed by atoms with Crippen molar-refractivity contribution in [1.29, 1.82) is 0 Å². The molecule has 0 aliphatic rings. The molecule has 0 spiro atoms. The number of rotatable bonds is 5. The van der Waals surface area contributed by atoms with Gasteiger partial charge in [0.1, 0.15) is 15.7 Å². The number of benzene rings is 1. The highest BCUT2D eigenvalue weighted by Crippen LogP contribution is 2.27. The van der Waals surface area contributed by atoms with Crippen LogP contribution in [0.5, 0.6) is 0 Å². The molecule has 0 aliphatic heterocycles. The summed E-state index contributed by atoms with van der Waals surface area (Å²) >= 11 is 5.85. The van der Waals surface area contributed by atoms with E-state index in [1.54, 1.807) is 19.2 Å². The highest BCUT2D eigenvalue weighted by atomic mass is 35.5. The van der Waals surface area contributed by atoms with Gasteiger partial charge in [0.2, 0.25) is 0 Å². The third-order valence-corrected chi connectivity index (χ3v) is 3.86. The summed E-state index contributed by atoms with van der Waals surface area (Å²) in [5.41, 5.74) is 0.581. The quantitative estimate of drug-likeness (QED) is 0.899. The number of nitrogens with one attached hydrogen (secondary N) is 1. The standard InChI is InChI=1S/C11H15ClFNO2S/c1-14-10(6-7-17(2,15)16)8-4-3-5-9(13)11(8)12/h3-5,10,14H,6-7H2,1-2H3. The van der Waals surface area contributed by atoms with Gasteiger partial charge >= 0.3 is 0 Å². The van der Waals surface area contributed by atoms with Crippen LogP contribution < -0.4 is 5.32 Å². The normalized spacial score (nSPS) is 13.6. The molecular weight excluding hydrogens is 265 g/mol. The Morgan fingerprint density at radius 2 is 2.12 bits per heavy atom. The minimum Gasteiger partial charge on any atom is -0.313 e. The van der Waals surface area contributed by atoms with Crippen LogP contribution in [0.15, 0.2) is 18.2 Å². The number of hydrogen-bond acceptors (Lipinski definition) is 3. The Morgan fingerprint density at radius 1 is 1.47 bits per heavy atom. The van der Waals surface area contributed by atoms with E-state index in [9.17, 15) is 12.8 Å². The van der Waals surface area contributed by atoms with Gasteiger partial charge < -0.3 is 5.32 Å². The van der Waals surface area contributed by atoms with E-state index in [0.717, 1.165) is 0 Å². The number of halogens is 2. The lowest BCUT2D eigenvalue weighted by atomic mass is 10.0. The van der Waals surface area contributed by atoms with Crippen LogP contribution in [-0.4, -0.2) is 27.5 Å². The fourth-order valence-electron chi connectivity index (χ4n) is 1.58. The third kappa shape index (κ3) is 4.26. The van der Waals surface area contributed by atoms with Crippen molar-refractivity contribution in [3.63, 3.8) is 0 Å². The monoisotopic (exact) mass is 279 g/mol. The zero-order valence-corrected chi connectivity index (χ0v) is 11.3. The highest BCUT2D eigenvalue weighted by Gasteiger charge is 2.17. The van der Waals surface area contributed by atoms with Gasteiger partial charge in [-0.25, -0.2) is 12.8 Å². The zero-order valence-electron chi connectivity index (χ0n) is 9.70. The van der Waals surface area contributed by atoms with Gasteiger partial charge in [0, 0.05) is 12.3 Å². The van der Waals surface area contributed by atoms with Crippen LogP contribution in [0.25, 0.3) is 0 Å². The van der Waals surface area contributed by atoms with Gasteiger partial charge in [0.15, 0.2) is 0 Å². The second-order valence-electron chi connectivity index (χ2n) is 3.90. The van der Waals surface area contributed by atoms with Gasteiger partial charge in [-0.15, -0.1) is 0 Å². The van der Waals surface area contributed by atoms with Gasteiger partial charge in [-0.05, 0) is 25.1 Å². The zero-order chi connectivity index (χ0) is 13.1. The Morgan fingerprint density at radius 3 is 2.65 bits per heavy atom. The van der Waals surface area contributed by atoms with E-state index in [1.165, 1.54) is 12.3 Å².